The number of anilines is 1. The number of hydrogen-bond donors (Lipinski definition) is 2. The van der Waals surface area contributed by atoms with Crippen LogP contribution in [-0.2, 0) is 4.79 Å². The third-order valence-corrected chi connectivity index (χ3v) is 4.41. The Balaban J connectivity index is 1.84. The molecule has 0 unspecified atom stereocenters. The van der Waals surface area contributed by atoms with E-state index in [1.54, 1.807) is 11.3 Å². The summed E-state index contributed by atoms with van der Waals surface area (Å²) in [5.74, 6) is 0.0468. The van der Waals surface area contributed by atoms with Gasteiger partial charge < -0.3 is 11.1 Å². The van der Waals surface area contributed by atoms with Crippen molar-refractivity contribution in [3.63, 3.8) is 0 Å². The highest BCUT2D eigenvalue weighted by atomic mass is 32.1. The maximum Gasteiger partial charge on any atom is 0.231 e. The standard InChI is InChI=1S/C13H15N3OS/c1-8-15-10-3-2-9(6-11(10)18-8)16-12(17)13(7-14)4-5-13/h2-3,6H,4-5,7,14H2,1H3,(H,16,17). The highest BCUT2D eigenvalue weighted by molar-refractivity contribution is 7.18. The number of fused-ring (bicyclic) bond motifs is 1. The van der Waals surface area contributed by atoms with E-state index in [4.69, 9.17) is 5.73 Å². The zero-order chi connectivity index (χ0) is 12.8. The second kappa shape index (κ2) is 4.03. The lowest BCUT2D eigenvalue weighted by molar-refractivity contribution is -0.120. The van der Waals surface area contributed by atoms with Crippen molar-refractivity contribution in [1.29, 1.82) is 0 Å². The minimum absolute atomic E-state index is 0.0468. The van der Waals surface area contributed by atoms with E-state index in [2.05, 4.69) is 10.3 Å². The van der Waals surface area contributed by atoms with Crippen molar-refractivity contribution in [3.8, 4) is 0 Å². The van der Waals surface area contributed by atoms with E-state index in [0.29, 0.717) is 6.54 Å². The minimum atomic E-state index is -0.307. The number of amides is 1. The molecule has 18 heavy (non-hydrogen) atoms. The fourth-order valence-corrected chi connectivity index (χ4v) is 2.92. The Labute approximate surface area is 109 Å². The number of hydrogen-bond acceptors (Lipinski definition) is 4. The first-order valence-corrected chi connectivity index (χ1v) is 6.83. The van der Waals surface area contributed by atoms with Crippen LogP contribution in [0, 0.1) is 12.3 Å². The van der Waals surface area contributed by atoms with Gasteiger partial charge in [-0.1, -0.05) is 0 Å². The lowest BCUT2D eigenvalue weighted by Crippen LogP contribution is -2.30. The van der Waals surface area contributed by atoms with Gasteiger partial charge in [0.25, 0.3) is 0 Å². The van der Waals surface area contributed by atoms with Crippen LogP contribution in [0.4, 0.5) is 5.69 Å². The third kappa shape index (κ3) is 1.89. The molecule has 0 atom stereocenters. The number of nitrogens with zero attached hydrogens (tertiary/aromatic N) is 1. The molecule has 1 aromatic carbocycles. The normalized spacial score (nSPS) is 16.8. The molecule has 4 nitrogen and oxygen atoms in total. The average molecular weight is 261 g/mol. The predicted molar refractivity (Wildman–Crippen MR) is 73.7 cm³/mol. The highest BCUT2D eigenvalue weighted by Gasteiger charge is 2.48. The minimum Gasteiger partial charge on any atom is -0.329 e. The summed E-state index contributed by atoms with van der Waals surface area (Å²) < 4.78 is 1.10. The van der Waals surface area contributed by atoms with Crippen LogP contribution in [0.2, 0.25) is 0 Å². The number of nitrogens with one attached hydrogen (secondary N) is 1. The fraction of sp³-hybridized carbons (Fsp3) is 0.385. The molecule has 0 radical (unpaired) electrons. The zero-order valence-corrected chi connectivity index (χ0v) is 11.0. The van der Waals surface area contributed by atoms with E-state index in [-0.39, 0.29) is 11.3 Å². The van der Waals surface area contributed by atoms with Crippen molar-refractivity contribution in [2.75, 3.05) is 11.9 Å². The molecule has 94 valence electrons. The van der Waals surface area contributed by atoms with Gasteiger partial charge in [0.1, 0.15) is 0 Å². The van der Waals surface area contributed by atoms with Crippen molar-refractivity contribution < 1.29 is 4.79 Å². The zero-order valence-electron chi connectivity index (χ0n) is 10.2. The van der Waals surface area contributed by atoms with Crippen molar-refractivity contribution in [1.82, 2.24) is 4.98 Å². The molecule has 2 aromatic rings. The van der Waals surface area contributed by atoms with E-state index in [1.807, 2.05) is 25.1 Å². The van der Waals surface area contributed by atoms with Gasteiger partial charge in [0, 0.05) is 12.2 Å². The number of aryl methyl sites for hydroxylation is 1. The molecule has 1 aromatic heterocycles. The maximum absolute atomic E-state index is 12.1. The molecule has 5 heteroatoms. The van der Waals surface area contributed by atoms with Crippen LogP contribution in [0.5, 0.6) is 0 Å². The molecular formula is C13H15N3OS. The fourth-order valence-electron chi connectivity index (χ4n) is 2.06. The smallest absolute Gasteiger partial charge is 0.231 e. The molecule has 1 fully saturated rings. The number of aromatic nitrogens is 1. The van der Waals surface area contributed by atoms with Crippen LogP contribution in [0.25, 0.3) is 10.2 Å². The van der Waals surface area contributed by atoms with Gasteiger partial charge >= 0.3 is 0 Å². The van der Waals surface area contributed by atoms with Crippen LogP contribution < -0.4 is 11.1 Å². The first-order valence-electron chi connectivity index (χ1n) is 6.02. The van der Waals surface area contributed by atoms with Crippen molar-refractivity contribution in [3.05, 3.63) is 23.2 Å². The second-order valence-electron chi connectivity index (χ2n) is 4.85. The number of benzene rings is 1. The number of nitrogens with two attached hydrogens (primary N) is 1. The molecule has 1 saturated carbocycles. The summed E-state index contributed by atoms with van der Waals surface area (Å²) in [6, 6.07) is 5.81. The molecular weight excluding hydrogens is 246 g/mol. The number of carbonyl (C=O) groups excluding carboxylic acids is 1. The van der Waals surface area contributed by atoms with Gasteiger partial charge in [-0.2, -0.15) is 0 Å². The maximum atomic E-state index is 12.1. The first-order chi connectivity index (χ1) is 8.63. The molecule has 3 N–H and O–H groups in total. The van der Waals surface area contributed by atoms with E-state index in [9.17, 15) is 4.79 Å². The van der Waals surface area contributed by atoms with Crippen molar-refractivity contribution in [2.45, 2.75) is 19.8 Å². The van der Waals surface area contributed by atoms with Gasteiger partial charge in [0.2, 0.25) is 5.91 Å². The molecule has 0 saturated heterocycles. The van der Waals surface area contributed by atoms with Crippen LogP contribution >= 0.6 is 11.3 Å². The highest BCUT2D eigenvalue weighted by Crippen LogP contribution is 2.45. The van der Waals surface area contributed by atoms with Crippen molar-refractivity contribution >= 4 is 33.1 Å². The molecule has 1 amide bonds. The van der Waals surface area contributed by atoms with Gasteiger partial charge in [0.15, 0.2) is 0 Å². The number of thiazole rings is 1. The Morgan fingerprint density at radius 1 is 1.56 bits per heavy atom. The Kier molecular flexibility index (Phi) is 2.60. The molecule has 1 aliphatic rings. The summed E-state index contributed by atoms with van der Waals surface area (Å²) in [7, 11) is 0. The lowest BCUT2D eigenvalue weighted by atomic mass is 10.1. The van der Waals surface area contributed by atoms with Gasteiger partial charge in [-0.15, -0.1) is 11.3 Å². The first kappa shape index (κ1) is 11.6. The summed E-state index contributed by atoms with van der Waals surface area (Å²) in [6.07, 6.45) is 1.80. The Morgan fingerprint density at radius 2 is 2.33 bits per heavy atom. The quantitative estimate of drug-likeness (QED) is 0.890. The number of carbonyl (C=O) groups is 1. The number of rotatable bonds is 3. The van der Waals surface area contributed by atoms with E-state index >= 15 is 0 Å². The predicted octanol–water partition coefficient (Wildman–Crippen LogP) is 2.28. The molecule has 1 aliphatic carbocycles. The lowest BCUT2D eigenvalue weighted by Gasteiger charge is -2.12. The van der Waals surface area contributed by atoms with E-state index < -0.39 is 0 Å². The monoisotopic (exact) mass is 261 g/mol. The molecule has 3 rings (SSSR count). The summed E-state index contributed by atoms with van der Waals surface area (Å²) >= 11 is 1.64. The van der Waals surface area contributed by atoms with Crippen LogP contribution in [-0.4, -0.2) is 17.4 Å². The third-order valence-electron chi connectivity index (χ3n) is 3.48. The molecule has 0 bridgehead atoms. The van der Waals surface area contributed by atoms with Gasteiger partial charge in [-0.05, 0) is 38.0 Å². The van der Waals surface area contributed by atoms with Crippen LogP contribution in [0.1, 0.15) is 17.8 Å². The second-order valence-corrected chi connectivity index (χ2v) is 6.09. The summed E-state index contributed by atoms with van der Waals surface area (Å²) in [5, 5.41) is 3.99. The van der Waals surface area contributed by atoms with Gasteiger partial charge in [-0.25, -0.2) is 4.98 Å². The summed E-state index contributed by atoms with van der Waals surface area (Å²) in [5.41, 5.74) is 7.15. The van der Waals surface area contributed by atoms with Gasteiger partial charge in [-0.3, -0.25) is 4.79 Å². The van der Waals surface area contributed by atoms with E-state index in [0.717, 1.165) is 33.8 Å². The van der Waals surface area contributed by atoms with Crippen LogP contribution in [0.3, 0.4) is 0 Å². The summed E-state index contributed by atoms with van der Waals surface area (Å²) in [6.45, 7) is 2.41. The Morgan fingerprint density at radius 3 is 3.00 bits per heavy atom. The topological polar surface area (TPSA) is 68.0 Å². The molecule has 0 aliphatic heterocycles. The Bertz CT molecular complexity index is 616. The molecule has 0 spiro atoms. The van der Waals surface area contributed by atoms with E-state index in [1.165, 1.54) is 0 Å². The van der Waals surface area contributed by atoms with Crippen molar-refractivity contribution in [2.24, 2.45) is 11.1 Å². The average Bonchev–Trinajstić information content (AvgIpc) is 3.06. The summed E-state index contributed by atoms with van der Waals surface area (Å²) in [4.78, 5) is 16.5. The van der Waals surface area contributed by atoms with Crippen LogP contribution in [0.15, 0.2) is 18.2 Å². The molecule has 1 heterocycles. The largest absolute Gasteiger partial charge is 0.329 e. The Hall–Kier alpha value is -1.46. The SMILES string of the molecule is Cc1nc2ccc(NC(=O)C3(CN)CC3)cc2s1. The van der Waals surface area contributed by atoms with Gasteiger partial charge in [0.05, 0.1) is 20.6 Å².